The van der Waals surface area contributed by atoms with Crippen LogP contribution in [0.5, 0.6) is 5.75 Å². The number of hydrogen-bond acceptors (Lipinski definition) is 7. The number of amides is 1. The van der Waals surface area contributed by atoms with E-state index in [1.807, 2.05) is 6.92 Å². The van der Waals surface area contributed by atoms with E-state index in [4.69, 9.17) is 4.74 Å². The molecule has 1 amide bonds. The highest BCUT2D eigenvalue weighted by Gasteiger charge is 2.17. The van der Waals surface area contributed by atoms with Gasteiger partial charge in [0.1, 0.15) is 5.75 Å². The van der Waals surface area contributed by atoms with E-state index < -0.39 is 25.1 Å². The Balaban J connectivity index is 1.84. The van der Waals surface area contributed by atoms with Crippen LogP contribution in [0, 0.1) is 0 Å². The summed E-state index contributed by atoms with van der Waals surface area (Å²) in [5.41, 5.74) is 0.867. The molecule has 0 fully saturated rings. The molecule has 1 N–H and O–H groups in total. The number of hydrogen-bond donors (Lipinski definition) is 1. The molecule has 1 aromatic carbocycles. The molecule has 0 atom stereocenters. The smallest absolute Gasteiger partial charge is 0.387 e. The number of esters is 1. The highest BCUT2D eigenvalue weighted by atomic mass is 32.1. The number of aromatic nitrogens is 2. The topological polar surface area (TPSA) is 90.4 Å². The first kappa shape index (κ1) is 17.7. The number of nitrogens with one attached hydrogen (secondary N) is 1. The molecule has 0 aliphatic heterocycles. The summed E-state index contributed by atoms with van der Waals surface area (Å²) in [6.07, 6.45) is 0.528. The van der Waals surface area contributed by atoms with Gasteiger partial charge in [-0.25, -0.2) is 4.79 Å². The van der Waals surface area contributed by atoms with E-state index in [0.29, 0.717) is 17.8 Å². The minimum atomic E-state index is -2.92. The SMILES string of the molecule is CCc1nnsc1C(=O)OCC(=O)Nc1ccc(OC(F)F)cc1. The van der Waals surface area contributed by atoms with Crippen LogP contribution in [0.3, 0.4) is 0 Å². The van der Waals surface area contributed by atoms with Gasteiger partial charge in [-0.3, -0.25) is 4.79 Å². The van der Waals surface area contributed by atoms with Gasteiger partial charge in [0.25, 0.3) is 5.91 Å². The maximum absolute atomic E-state index is 12.0. The second-order valence-electron chi connectivity index (χ2n) is 4.43. The number of benzene rings is 1. The summed E-state index contributed by atoms with van der Waals surface area (Å²) in [5.74, 6) is -1.27. The molecule has 0 aliphatic carbocycles. The highest BCUT2D eigenvalue weighted by molar-refractivity contribution is 7.07. The first-order valence-electron chi connectivity index (χ1n) is 6.82. The van der Waals surface area contributed by atoms with Crippen molar-refractivity contribution in [2.75, 3.05) is 11.9 Å². The van der Waals surface area contributed by atoms with Crippen molar-refractivity contribution in [3.63, 3.8) is 0 Å². The predicted molar refractivity (Wildman–Crippen MR) is 81.3 cm³/mol. The number of carbonyl (C=O) groups excluding carboxylic acids is 2. The molecule has 0 aliphatic rings. The van der Waals surface area contributed by atoms with Crippen LogP contribution in [0.15, 0.2) is 24.3 Å². The van der Waals surface area contributed by atoms with Gasteiger partial charge in [-0.2, -0.15) is 8.78 Å². The predicted octanol–water partition coefficient (Wildman–Crippen LogP) is 2.50. The minimum absolute atomic E-state index is 0.0285. The molecule has 2 aromatic rings. The largest absolute Gasteiger partial charge is 0.451 e. The van der Waals surface area contributed by atoms with Gasteiger partial charge in [-0.15, -0.1) is 5.10 Å². The average molecular weight is 357 g/mol. The molecule has 7 nitrogen and oxygen atoms in total. The van der Waals surface area contributed by atoms with Crippen molar-refractivity contribution in [3.05, 3.63) is 34.8 Å². The Kier molecular flexibility index (Phi) is 6.13. The molecule has 1 aromatic heterocycles. The standard InChI is InChI=1S/C14H13F2N3O4S/c1-2-10-12(24-19-18-10)13(21)22-7-11(20)17-8-3-5-9(6-4-8)23-14(15)16/h3-6,14H,2,7H2,1H3,(H,17,20). The van der Waals surface area contributed by atoms with Crippen LogP contribution in [-0.4, -0.2) is 34.7 Å². The Morgan fingerprint density at radius 1 is 1.29 bits per heavy atom. The first-order chi connectivity index (χ1) is 11.5. The fourth-order valence-electron chi connectivity index (χ4n) is 1.71. The van der Waals surface area contributed by atoms with Gasteiger partial charge in [0.05, 0.1) is 5.69 Å². The second kappa shape index (κ2) is 8.29. The zero-order chi connectivity index (χ0) is 17.5. The van der Waals surface area contributed by atoms with Gasteiger partial charge in [0.15, 0.2) is 11.5 Å². The summed E-state index contributed by atoms with van der Waals surface area (Å²) < 4.78 is 36.8. The van der Waals surface area contributed by atoms with Crippen molar-refractivity contribution in [2.24, 2.45) is 0 Å². The summed E-state index contributed by atoms with van der Waals surface area (Å²) in [4.78, 5) is 23.8. The lowest BCUT2D eigenvalue weighted by Crippen LogP contribution is -2.21. The van der Waals surface area contributed by atoms with Crippen molar-refractivity contribution >= 4 is 29.1 Å². The van der Waals surface area contributed by atoms with Crippen molar-refractivity contribution in [1.82, 2.24) is 9.59 Å². The number of nitrogens with zero attached hydrogens (tertiary/aromatic N) is 2. The molecule has 0 radical (unpaired) electrons. The van der Waals surface area contributed by atoms with E-state index in [9.17, 15) is 18.4 Å². The number of anilines is 1. The monoisotopic (exact) mass is 357 g/mol. The number of rotatable bonds is 7. The van der Waals surface area contributed by atoms with E-state index in [-0.39, 0.29) is 10.6 Å². The molecule has 2 rings (SSSR count). The maximum atomic E-state index is 12.0. The summed E-state index contributed by atoms with van der Waals surface area (Å²) in [6.45, 7) is -1.59. The summed E-state index contributed by atoms with van der Waals surface area (Å²) in [5, 5.41) is 6.25. The third kappa shape index (κ3) is 4.95. The molecule has 0 saturated carbocycles. The van der Waals surface area contributed by atoms with Crippen LogP contribution in [-0.2, 0) is 16.0 Å². The molecule has 0 saturated heterocycles. The van der Waals surface area contributed by atoms with Crippen molar-refractivity contribution in [1.29, 1.82) is 0 Å². The van der Waals surface area contributed by atoms with Crippen LogP contribution in [0.1, 0.15) is 22.3 Å². The average Bonchev–Trinajstić information content (AvgIpc) is 3.02. The Bertz CT molecular complexity index is 706. The van der Waals surface area contributed by atoms with E-state index in [0.717, 1.165) is 11.5 Å². The fourth-order valence-corrected chi connectivity index (χ4v) is 2.35. The quantitative estimate of drug-likeness (QED) is 0.766. The first-order valence-corrected chi connectivity index (χ1v) is 7.60. The molecule has 24 heavy (non-hydrogen) atoms. The normalized spacial score (nSPS) is 10.5. The number of aryl methyl sites for hydroxylation is 1. The van der Waals surface area contributed by atoms with Crippen molar-refractivity contribution < 1.29 is 27.8 Å². The van der Waals surface area contributed by atoms with Crippen molar-refractivity contribution in [3.8, 4) is 5.75 Å². The molecule has 0 bridgehead atoms. The van der Waals surface area contributed by atoms with E-state index in [2.05, 4.69) is 19.6 Å². The third-order valence-corrected chi connectivity index (χ3v) is 3.52. The van der Waals surface area contributed by atoms with E-state index >= 15 is 0 Å². The number of alkyl halides is 2. The zero-order valence-electron chi connectivity index (χ0n) is 12.5. The Hall–Kier alpha value is -2.62. The molecule has 128 valence electrons. The Morgan fingerprint density at radius 3 is 2.62 bits per heavy atom. The van der Waals surface area contributed by atoms with E-state index in [1.54, 1.807) is 0 Å². The van der Waals surface area contributed by atoms with Crippen LogP contribution >= 0.6 is 11.5 Å². The molecule has 0 unspecified atom stereocenters. The molecule has 10 heteroatoms. The zero-order valence-corrected chi connectivity index (χ0v) is 13.3. The Labute approximate surface area is 139 Å². The van der Waals surface area contributed by atoms with Gasteiger partial charge >= 0.3 is 12.6 Å². The van der Waals surface area contributed by atoms with Gasteiger partial charge in [0.2, 0.25) is 0 Å². The summed E-state index contributed by atoms with van der Waals surface area (Å²) >= 11 is 0.902. The molecular formula is C14H13F2N3O4S. The lowest BCUT2D eigenvalue weighted by atomic mass is 10.3. The molecule has 0 spiro atoms. The second-order valence-corrected chi connectivity index (χ2v) is 5.18. The summed E-state index contributed by atoms with van der Waals surface area (Å²) in [6, 6.07) is 5.34. The molecular weight excluding hydrogens is 344 g/mol. The van der Waals surface area contributed by atoms with Gasteiger partial charge < -0.3 is 14.8 Å². The number of halogens is 2. The van der Waals surface area contributed by atoms with Crippen molar-refractivity contribution in [2.45, 2.75) is 20.0 Å². The third-order valence-electron chi connectivity index (χ3n) is 2.77. The maximum Gasteiger partial charge on any atom is 0.387 e. The fraction of sp³-hybridized carbons (Fsp3) is 0.286. The van der Waals surface area contributed by atoms with Crippen LogP contribution in [0.25, 0.3) is 0 Å². The molecule has 1 heterocycles. The lowest BCUT2D eigenvalue weighted by molar-refractivity contribution is -0.119. The van der Waals surface area contributed by atoms with Gasteiger partial charge in [-0.05, 0) is 42.2 Å². The van der Waals surface area contributed by atoms with Gasteiger partial charge in [-0.1, -0.05) is 11.4 Å². The van der Waals surface area contributed by atoms with Crippen LogP contribution < -0.4 is 10.1 Å². The number of ether oxygens (including phenoxy) is 2. The minimum Gasteiger partial charge on any atom is -0.451 e. The lowest BCUT2D eigenvalue weighted by Gasteiger charge is -2.08. The summed E-state index contributed by atoms with van der Waals surface area (Å²) in [7, 11) is 0. The highest BCUT2D eigenvalue weighted by Crippen LogP contribution is 2.18. The van der Waals surface area contributed by atoms with E-state index in [1.165, 1.54) is 24.3 Å². The van der Waals surface area contributed by atoms with Crippen LogP contribution in [0.2, 0.25) is 0 Å². The van der Waals surface area contributed by atoms with Crippen LogP contribution in [0.4, 0.5) is 14.5 Å². The Morgan fingerprint density at radius 2 is 2.00 bits per heavy atom. The number of carbonyl (C=O) groups is 2. The van der Waals surface area contributed by atoms with Gasteiger partial charge in [0, 0.05) is 5.69 Å².